The van der Waals surface area contributed by atoms with Crippen LogP contribution in [0.4, 0.5) is 30.7 Å². The van der Waals surface area contributed by atoms with E-state index in [2.05, 4.69) is 11.7 Å². The third-order valence-corrected chi connectivity index (χ3v) is 6.53. The van der Waals surface area contributed by atoms with Crippen LogP contribution in [0.15, 0.2) is 66.7 Å². The summed E-state index contributed by atoms with van der Waals surface area (Å²) in [5, 5.41) is 10.3. The Morgan fingerprint density at radius 2 is 1.17 bits per heavy atom. The highest BCUT2D eigenvalue weighted by molar-refractivity contribution is 5.95. The minimum Gasteiger partial charge on any atom is -0.507 e. The Kier molecular flexibility index (Phi) is 12.3. The fraction of sp³-hybridized carbons (Fsp3) is 0.375. The van der Waals surface area contributed by atoms with Crippen molar-refractivity contribution < 1.29 is 64.4 Å². The second-order valence-electron chi connectivity index (χ2n) is 10.1. The average Bonchev–Trinajstić information content (AvgIpc) is 3.00. The number of hydrogen-bond acceptors (Lipinski definition) is 7. The molecular weight excluding hydrogens is 629 g/mol. The number of ether oxygens (including phenoxy) is 4. The number of halogens is 7. The molecule has 0 aliphatic carbocycles. The molecule has 7 nitrogen and oxygen atoms in total. The van der Waals surface area contributed by atoms with Crippen molar-refractivity contribution in [2.45, 2.75) is 63.5 Å². The number of phenols is 1. The van der Waals surface area contributed by atoms with E-state index in [1.807, 2.05) is 0 Å². The highest BCUT2D eigenvalue weighted by atomic mass is 19.4. The van der Waals surface area contributed by atoms with E-state index in [0.29, 0.717) is 12.4 Å². The number of carbonyl (C=O) groups is 2. The number of esters is 2. The van der Waals surface area contributed by atoms with Crippen molar-refractivity contribution in [1.29, 1.82) is 0 Å². The molecular formula is C32H31F7O7. The van der Waals surface area contributed by atoms with E-state index < -0.39 is 48.1 Å². The van der Waals surface area contributed by atoms with Crippen molar-refractivity contribution in [3.63, 3.8) is 0 Å². The van der Waals surface area contributed by atoms with Crippen LogP contribution in [0.2, 0.25) is 0 Å². The van der Waals surface area contributed by atoms with Crippen LogP contribution in [0.25, 0.3) is 0 Å². The summed E-state index contributed by atoms with van der Waals surface area (Å²) in [6.07, 6.45) is 0.296. The predicted molar refractivity (Wildman–Crippen MR) is 151 cm³/mol. The Bertz CT molecular complexity index is 1440. The predicted octanol–water partition coefficient (Wildman–Crippen LogP) is 8.78. The van der Waals surface area contributed by atoms with Crippen molar-refractivity contribution in [3.8, 4) is 28.7 Å². The van der Waals surface area contributed by atoms with Gasteiger partial charge in [-0.25, -0.2) is 9.59 Å². The van der Waals surface area contributed by atoms with Gasteiger partial charge in [-0.15, -0.1) is 0 Å². The van der Waals surface area contributed by atoms with Crippen LogP contribution in [0.1, 0.15) is 66.2 Å². The first kappa shape index (κ1) is 36.0. The lowest BCUT2D eigenvalue weighted by atomic mass is 10.1. The normalized spacial score (nSPS) is 12.0. The lowest BCUT2D eigenvalue weighted by molar-refractivity contribution is -0.358. The SMILES string of the molecule is CCCCCCCCOc1ccc(OC(=O)c2ccc(OC(=O)c3ccc(OCC(F)(F)C(F)(F)C(F)(F)F)cc3)cc2O)cc1. The lowest BCUT2D eigenvalue weighted by Gasteiger charge is -2.27. The highest BCUT2D eigenvalue weighted by Crippen LogP contribution is 2.46. The summed E-state index contributed by atoms with van der Waals surface area (Å²) in [5.41, 5.74) is -0.431. The molecule has 3 aromatic carbocycles. The summed E-state index contributed by atoms with van der Waals surface area (Å²) < 4.78 is 110. The molecule has 0 heterocycles. The summed E-state index contributed by atoms with van der Waals surface area (Å²) in [5.74, 6) is -14.3. The Morgan fingerprint density at radius 3 is 1.78 bits per heavy atom. The number of phenolic OH excluding ortho intramolecular Hbond substituents is 1. The molecule has 14 heteroatoms. The summed E-state index contributed by atoms with van der Waals surface area (Å²) in [6, 6.07) is 13.4. The lowest BCUT2D eigenvalue weighted by Crippen LogP contribution is -2.54. The van der Waals surface area contributed by atoms with Crippen molar-refractivity contribution in [1.82, 2.24) is 0 Å². The van der Waals surface area contributed by atoms with Gasteiger partial charge in [-0.2, -0.15) is 30.7 Å². The summed E-state index contributed by atoms with van der Waals surface area (Å²) in [7, 11) is 0. The minimum absolute atomic E-state index is 0.192. The molecule has 0 aliphatic rings. The van der Waals surface area contributed by atoms with Crippen molar-refractivity contribution >= 4 is 11.9 Å². The molecule has 0 aromatic heterocycles. The largest absolute Gasteiger partial charge is 0.507 e. The fourth-order valence-electron chi connectivity index (χ4n) is 3.91. The van der Waals surface area contributed by atoms with Crippen LogP contribution in [-0.2, 0) is 0 Å². The maximum atomic E-state index is 13.4. The third-order valence-electron chi connectivity index (χ3n) is 6.53. The molecule has 0 radical (unpaired) electrons. The van der Waals surface area contributed by atoms with Crippen LogP contribution in [0, 0.1) is 0 Å². The monoisotopic (exact) mass is 660 g/mol. The number of aromatic hydroxyl groups is 1. The molecule has 3 rings (SSSR count). The first-order valence-electron chi connectivity index (χ1n) is 14.2. The van der Waals surface area contributed by atoms with Gasteiger partial charge in [0.05, 0.1) is 12.2 Å². The first-order valence-corrected chi connectivity index (χ1v) is 14.2. The summed E-state index contributed by atoms with van der Waals surface area (Å²) in [4.78, 5) is 25.0. The Morgan fingerprint density at radius 1 is 0.652 bits per heavy atom. The van der Waals surface area contributed by atoms with E-state index in [1.54, 1.807) is 12.1 Å². The molecule has 0 saturated heterocycles. The highest BCUT2D eigenvalue weighted by Gasteiger charge is 2.73. The second-order valence-corrected chi connectivity index (χ2v) is 10.1. The van der Waals surface area contributed by atoms with Gasteiger partial charge in [0.15, 0.2) is 6.61 Å². The molecule has 0 unspecified atom stereocenters. The molecule has 46 heavy (non-hydrogen) atoms. The maximum absolute atomic E-state index is 13.4. The first-order chi connectivity index (χ1) is 21.6. The van der Waals surface area contributed by atoms with Crippen LogP contribution in [-0.4, -0.2) is 48.3 Å². The summed E-state index contributed by atoms with van der Waals surface area (Å²) in [6.45, 7) is 0.442. The topological polar surface area (TPSA) is 91.3 Å². The molecule has 0 aliphatic heterocycles. The van der Waals surface area contributed by atoms with Crippen LogP contribution >= 0.6 is 0 Å². The molecule has 0 amide bonds. The molecule has 0 atom stereocenters. The van der Waals surface area contributed by atoms with Gasteiger partial charge >= 0.3 is 30.0 Å². The quantitative estimate of drug-likeness (QED) is 0.0711. The van der Waals surface area contributed by atoms with Gasteiger partial charge in [0.1, 0.15) is 34.3 Å². The third kappa shape index (κ3) is 9.75. The zero-order valence-electron chi connectivity index (χ0n) is 24.6. The van der Waals surface area contributed by atoms with E-state index in [9.17, 15) is 45.4 Å². The molecule has 0 saturated carbocycles. The number of carbonyl (C=O) groups excluding carboxylic acids is 2. The number of hydrogen-bond donors (Lipinski definition) is 1. The number of rotatable bonds is 16. The van der Waals surface area contributed by atoms with Crippen LogP contribution in [0.5, 0.6) is 28.7 Å². The van der Waals surface area contributed by atoms with Gasteiger partial charge in [0.25, 0.3) is 0 Å². The van der Waals surface area contributed by atoms with Gasteiger partial charge in [-0.1, -0.05) is 39.0 Å². The Balaban J connectivity index is 1.50. The van der Waals surface area contributed by atoms with Crippen molar-refractivity contribution in [2.75, 3.05) is 13.2 Å². The standard InChI is InChI=1S/C32H31F7O7/c1-2-3-4-5-6-7-18-43-22-12-14-24(15-13-22)45-29(42)26-17-16-25(19-27(26)40)46-28(41)21-8-10-23(11-9-21)44-20-30(33,34)31(35,36)32(37,38)39/h8-17,19,40H,2-7,18,20H2,1H3. The summed E-state index contributed by atoms with van der Waals surface area (Å²) >= 11 is 0. The molecule has 1 N–H and O–H groups in total. The number of benzene rings is 3. The Labute approximate surface area is 259 Å². The average molecular weight is 661 g/mol. The van der Waals surface area contributed by atoms with Crippen LogP contribution in [0.3, 0.4) is 0 Å². The van der Waals surface area contributed by atoms with E-state index >= 15 is 0 Å². The van der Waals surface area contributed by atoms with E-state index in [1.165, 1.54) is 37.5 Å². The minimum atomic E-state index is -6.49. The second kappa shape index (κ2) is 15.7. The maximum Gasteiger partial charge on any atom is 0.460 e. The zero-order valence-corrected chi connectivity index (χ0v) is 24.6. The molecule has 0 spiro atoms. The van der Waals surface area contributed by atoms with Gasteiger partial charge < -0.3 is 24.1 Å². The molecule has 0 bridgehead atoms. The molecule has 3 aromatic rings. The van der Waals surface area contributed by atoms with E-state index in [4.69, 9.17) is 14.2 Å². The van der Waals surface area contributed by atoms with Crippen LogP contribution < -0.4 is 18.9 Å². The number of alkyl halides is 7. The number of unbranched alkanes of at least 4 members (excludes halogenated alkanes) is 5. The van der Waals surface area contributed by atoms with Crippen molar-refractivity contribution in [3.05, 3.63) is 77.9 Å². The smallest absolute Gasteiger partial charge is 0.460 e. The Hall–Kier alpha value is -4.49. The van der Waals surface area contributed by atoms with Gasteiger partial charge in [0, 0.05) is 6.07 Å². The molecule has 0 fully saturated rings. The fourth-order valence-corrected chi connectivity index (χ4v) is 3.91. The van der Waals surface area contributed by atoms with Crippen molar-refractivity contribution in [2.24, 2.45) is 0 Å². The van der Waals surface area contributed by atoms with E-state index in [0.717, 1.165) is 55.7 Å². The van der Waals surface area contributed by atoms with E-state index in [-0.39, 0.29) is 22.6 Å². The van der Waals surface area contributed by atoms with Gasteiger partial charge in [-0.05, 0) is 67.1 Å². The zero-order chi connectivity index (χ0) is 34.0. The van der Waals surface area contributed by atoms with Gasteiger partial charge in [0.2, 0.25) is 0 Å². The molecule has 250 valence electrons. The van der Waals surface area contributed by atoms with Gasteiger partial charge in [-0.3, -0.25) is 0 Å².